The van der Waals surface area contributed by atoms with Crippen molar-refractivity contribution in [2.75, 3.05) is 5.32 Å². The number of aromatic amines is 1. The number of hydrogen-bond acceptors (Lipinski definition) is 6. The highest BCUT2D eigenvalue weighted by atomic mass is 35.5. The predicted molar refractivity (Wildman–Crippen MR) is 105 cm³/mol. The molecule has 0 aliphatic heterocycles. The fourth-order valence-corrected chi connectivity index (χ4v) is 3.44. The maximum absolute atomic E-state index is 9.29. The zero-order valence-corrected chi connectivity index (χ0v) is 15.7. The van der Waals surface area contributed by atoms with E-state index in [-0.39, 0.29) is 6.61 Å². The molecular weight excluding hydrogens is 387 g/mol. The van der Waals surface area contributed by atoms with Crippen molar-refractivity contribution in [1.29, 1.82) is 0 Å². The summed E-state index contributed by atoms with van der Waals surface area (Å²) >= 11 is 12.7. The summed E-state index contributed by atoms with van der Waals surface area (Å²) in [6.45, 7) is 1.74. The van der Waals surface area contributed by atoms with Crippen molar-refractivity contribution in [2.45, 2.75) is 13.5 Å². The van der Waals surface area contributed by atoms with Gasteiger partial charge < -0.3 is 15.4 Å². The molecule has 7 nitrogen and oxygen atoms in total. The average molecular weight is 401 g/mol. The van der Waals surface area contributed by atoms with E-state index in [0.29, 0.717) is 44.1 Å². The van der Waals surface area contributed by atoms with Crippen LogP contribution >= 0.6 is 23.2 Å². The lowest BCUT2D eigenvalue weighted by molar-refractivity contribution is 0.282. The maximum Gasteiger partial charge on any atom is 0.159 e. The number of H-pyrrole nitrogens is 1. The van der Waals surface area contributed by atoms with E-state index >= 15 is 0 Å². The number of benzene rings is 1. The van der Waals surface area contributed by atoms with Crippen LogP contribution in [0.25, 0.3) is 22.4 Å². The van der Waals surface area contributed by atoms with Crippen molar-refractivity contribution in [3.8, 4) is 11.4 Å². The second kappa shape index (κ2) is 7.11. The minimum atomic E-state index is -0.143. The molecule has 3 heterocycles. The van der Waals surface area contributed by atoms with Gasteiger partial charge in [-0.15, -0.1) is 0 Å². The number of anilines is 2. The highest BCUT2D eigenvalue weighted by Crippen LogP contribution is 2.36. The second-order valence-corrected chi connectivity index (χ2v) is 6.72. The lowest BCUT2D eigenvalue weighted by Gasteiger charge is -2.06. The highest BCUT2D eigenvalue weighted by Gasteiger charge is 2.16. The van der Waals surface area contributed by atoms with E-state index in [1.54, 1.807) is 18.3 Å². The van der Waals surface area contributed by atoms with Crippen molar-refractivity contribution < 1.29 is 5.11 Å². The van der Waals surface area contributed by atoms with Gasteiger partial charge in [0.2, 0.25) is 0 Å². The summed E-state index contributed by atoms with van der Waals surface area (Å²) in [5, 5.41) is 13.3. The molecule has 0 amide bonds. The maximum atomic E-state index is 9.29. The monoisotopic (exact) mass is 400 g/mol. The largest absolute Gasteiger partial charge is 0.392 e. The number of aryl methyl sites for hydroxylation is 1. The zero-order valence-electron chi connectivity index (χ0n) is 14.2. The van der Waals surface area contributed by atoms with Gasteiger partial charge in [-0.2, -0.15) is 0 Å². The molecule has 9 heteroatoms. The Bertz CT molecular complexity index is 1120. The number of aromatic nitrogens is 5. The molecule has 3 N–H and O–H groups in total. The van der Waals surface area contributed by atoms with Crippen molar-refractivity contribution in [2.24, 2.45) is 0 Å². The third-order valence-electron chi connectivity index (χ3n) is 3.97. The van der Waals surface area contributed by atoms with Crippen molar-refractivity contribution in [3.05, 3.63) is 58.1 Å². The molecule has 0 bridgehead atoms. The Hall–Kier alpha value is -2.74. The van der Waals surface area contributed by atoms with E-state index in [1.807, 2.05) is 19.1 Å². The van der Waals surface area contributed by atoms with Crippen molar-refractivity contribution >= 4 is 45.9 Å². The van der Waals surface area contributed by atoms with Crippen LogP contribution in [0.5, 0.6) is 0 Å². The average Bonchev–Trinajstić information content (AvgIpc) is 3.05. The summed E-state index contributed by atoms with van der Waals surface area (Å²) in [5.41, 5.74) is 3.43. The molecule has 0 aliphatic rings. The third-order valence-corrected chi connectivity index (χ3v) is 4.57. The van der Waals surface area contributed by atoms with Crippen LogP contribution in [0.2, 0.25) is 10.0 Å². The molecule has 1 aromatic carbocycles. The van der Waals surface area contributed by atoms with Crippen LogP contribution < -0.4 is 5.32 Å². The Labute approximate surface area is 164 Å². The van der Waals surface area contributed by atoms with Gasteiger partial charge >= 0.3 is 0 Å². The molecule has 3 aromatic heterocycles. The number of nitrogens with one attached hydrogen (secondary N) is 2. The SMILES string of the molecule is Cc1cc(Nc2nccc3[nH]c(-c4c(Cl)cc(CO)cc4Cl)nc23)ncn1. The van der Waals surface area contributed by atoms with Crippen LogP contribution in [0.3, 0.4) is 0 Å². The first-order chi connectivity index (χ1) is 13.0. The summed E-state index contributed by atoms with van der Waals surface area (Å²) < 4.78 is 0. The molecule has 0 atom stereocenters. The standard InChI is InChI=1S/C18H14Cl2N6O/c1-9-4-14(23-8-22-9)25-18-16-13(2-3-21-18)24-17(26-16)15-11(19)5-10(7-27)6-12(15)20/h2-6,8,27H,7H2,1H3,(H,24,26)(H,21,22,23,25). The summed E-state index contributed by atoms with van der Waals surface area (Å²) in [6.07, 6.45) is 3.15. The smallest absolute Gasteiger partial charge is 0.159 e. The second-order valence-electron chi connectivity index (χ2n) is 5.90. The quantitative estimate of drug-likeness (QED) is 0.472. The number of fused-ring (bicyclic) bond motifs is 1. The van der Waals surface area contributed by atoms with Gasteiger partial charge in [-0.3, -0.25) is 0 Å². The first-order valence-corrected chi connectivity index (χ1v) is 8.80. The minimum Gasteiger partial charge on any atom is -0.392 e. The number of rotatable bonds is 4. The van der Waals surface area contributed by atoms with E-state index in [9.17, 15) is 5.11 Å². The normalized spacial score (nSPS) is 11.1. The Morgan fingerprint density at radius 1 is 1.11 bits per heavy atom. The van der Waals surface area contributed by atoms with Gasteiger partial charge in [-0.25, -0.2) is 19.9 Å². The fraction of sp³-hybridized carbons (Fsp3) is 0.111. The molecule has 0 fully saturated rings. The number of aliphatic hydroxyl groups excluding tert-OH is 1. The predicted octanol–water partition coefficient (Wildman–Crippen LogP) is 4.27. The van der Waals surface area contributed by atoms with E-state index in [0.717, 1.165) is 11.2 Å². The minimum absolute atomic E-state index is 0.143. The molecule has 0 radical (unpaired) electrons. The number of halogens is 2. The number of aliphatic hydroxyl groups is 1. The summed E-state index contributed by atoms with van der Waals surface area (Å²) in [4.78, 5) is 20.5. The molecular formula is C18H14Cl2N6O. The summed E-state index contributed by atoms with van der Waals surface area (Å²) in [5.74, 6) is 1.68. The Morgan fingerprint density at radius 3 is 2.59 bits per heavy atom. The third kappa shape index (κ3) is 3.44. The Balaban J connectivity index is 1.80. The van der Waals surface area contributed by atoms with Gasteiger partial charge in [-0.1, -0.05) is 23.2 Å². The van der Waals surface area contributed by atoms with Crippen molar-refractivity contribution in [1.82, 2.24) is 24.9 Å². The molecule has 0 saturated carbocycles. The van der Waals surface area contributed by atoms with Gasteiger partial charge in [0.05, 0.1) is 27.7 Å². The zero-order chi connectivity index (χ0) is 19.0. The number of nitrogens with zero attached hydrogens (tertiary/aromatic N) is 4. The molecule has 136 valence electrons. The van der Waals surface area contributed by atoms with Crippen LogP contribution in [0, 0.1) is 6.92 Å². The highest BCUT2D eigenvalue weighted by molar-refractivity contribution is 6.39. The van der Waals surface area contributed by atoms with Crippen LogP contribution in [-0.2, 0) is 6.61 Å². The fourth-order valence-electron chi connectivity index (χ4n) is 2.73. The Morgan fingerprint density at radius 2 is 1.89 bits per heavy atom. The Kier molecular flexibility index (Phi) is 4.65. The molecule has 4 rings (SSSR count). The topological polar surface area (TPSA) is 99.6 Å². The lowest BCUT2D eigenvalue weighted by Crippen LogP contribution is -1.98. The van der Waals surface area contributed by atoms with Crippen LogP contribution in [0.15, 0.2) is 36.8 Å². The van der Waals surface area contributed by atoms with Crippen LogP contribution in [-0.4, -0.2) is 30.0 Å². The van der Waals surface area contributed by atoms with Gasteiger partial charge in [0.15, 0.2) is 5.82 Å². The molecule has 0 unspecified atom stereocenters. The van der Waals surface area contributed by atoms with Gasteiger partial charge in [0, 0.05) is 18.0 Å². The van der Waals surface area contributed by atoms with E-state index in [1.165, 1.54) is 6.33 Å². The van der Waals surface area contributed by atoms with E-state index in [2.05, 4.69) is 30.2 Å². The molecule has 0 spiro atoms. The van der Waals surface area contributed by atoms with Gasteiger partial charge in [-0.05, 0) is 30.7 Å². The van der Waals surface area contributed by atoms with Crippen molar-refractivity contribution in [3.63, 3.8) is 0 Å². The number of pyridine rings is 1. The molecule has 0 aliphatic carbocycles. The van der Waals surface area contributed by atoms with Crippen LogP contribution in [0.4, 0.5) is 11.6 Å². The molecule has 27 heavy (non-hydrogen) atoms. The summed E-state index contributed by atoms with van der Waals surface area (Å²) in [7, 11) is 0. The molecule has 0 saturated heterocycles. The first-order valence-electron chi connectivity index (χ1n) is 8.04. The lowest BCUT2D eigenvalue weighted by atomic mass is 10.1. The summed E-state index contributed by atoms with van der Waals surface area (Å²) in [6, 6.07) is 6.95. The first kappa shape index (κ1) is 17.7. The number of imidazole rings is 1. The number of hydrogen-bond donors (Lipinski definition) is 3. The molecule has 4 aromatic rings. The van der Waals surface area contributed by atoms with Gasteiger partial charge in [0.25, 0.3) is 0 Å². The van der Waals surface area contributed by atoms with Gasteiger partial charge in [0.1, 0.15) is 23.5 Å². The van der Waals surface area contributed by atoms with E-state index < -0.39 is 0 Å². The van der Waals surface area contributed by atoms with Crippen LogP contribution in [0.1, 0.15) is 11.3 Å². The van der Waals surface area contributed by atoms with E-state index in [4.69, 9.17) is 23.2 Å².